The molecule has 0 saturated heterocycles. The Bertz CT molecular complexity index is 797. The van der Waals surface area contributed by atoms with E-state index in [4.69, 9.17) is 10.7 Å². The van der Waals surface area contributed by atoms with Crippen molar-refractivity contribution < 1.29 is 17.6 Å². The fourth-order valence-corrected chi connectivity index (χ4v) is 2.44. The van der Waals surface area contributed by atoms with Crippen LogP contribution < -0.4 is 5.32 Å². The van der Waals surface area contributed by atoms with Crippen LogP contribution in [0.2, 0.25) is 0 Å². The highest BCUT2D eigenvalue weighted by atomic mass is 79.9. The van der Waals surface area contributed by atoms with Crippen molar-refractivity contribution in [1.82, 2.24) is 4.98 Å². The van der Waals surface area contributed by atoms with Gasteiger partial charge in [-0.1, -0.05) is 0 Å². The second-order valence-corrected chi connectivity index (χ2v) is 7.38. The molecule has 0 atom stereocenters. The van der Waals surface area contributed by atoms with Crippen LogP contribution in [0.5, 0.6) is 0 Å². The van der Waals surface area contributed by atoms with E-state index in [0.29, 0.717) is 4.47 Å². The van der Waals surface area contributed by atoms with Crippen LogP contribution in [0.15, 0.2) is 45.9 Å². The molecule has 1 aromatic heterocycles. The summed E-state index contributed by atoms with van der Waals surface area (Å²) in [5.41, 5.74) is -0.0829. The third kappa shape index (κ3) is 3.99. The molecule has 0 aliphatic carbocycles. The van der Waals surface area contributed by atoms with E-state index in [0.717, 1.165) is 18.2 Å². The SMILES string of the molecule is O=C(Nc1ccc(S(=O)(=O)Cl)cc1F)c1ccc(Br)cn1. The van der Waals surface area contributed by atoms with Gasteiger partial charge in [-0.25, -0.2) is 17.8 Å². The molecule has 2 rings (SSSR count). The normalized spacial score (nSPS) is 11.2. The minimum Gasteiger partial charge on any atom is -0.318 e. The molecule has 0 aliphatic heterocycles. The third-order valence-electron chi connectivity index (χ3n) is 2.43. The summed E-state index contributed by atoms with van der Waals surface area (Å²) in [5.74, 6) is -1.54. The summed E-state index contributed by atoms with van der Waals surface area (Å²) in [5, 5.41) is 2.29. The van der Waals surface area contributed by atoms with Crippen molar-refractivity contribution in [2.75, 3.05) is 5.32 Å². The number of carbonyl (C=O) groups is 1. The topological polar surface area (TPSA) is 76.1 Å². The number of hydrogen-bond acceptors (Lipinski definition) is 4. The van der Waals surface area contributed by atoms with Crippen LogP contribution in [0, 0.1) is 5.82 Å². The van der Waals surface area contributed by atoms with Crippen molar-refractivity contribution in [2.45, 2.75) is 4.90 Å². The lowest BCUT2D eigenvalue weighted by molar-refractivity contribution is 0.102. The molecule has 1 amide bonds. The first-order valence-electron chi connectivity index (χ1n) is 5.44. The molecule has 2 aromatic rings. The zero-order chi connectivity index (χ0) is 15.6. The molecule has 0 spiro atoms. The summed E-state index contributed by atoms with van der Waals surface area (Å²) >= 11 is 3.18. The van der Waals surface area contributed by atoms with E-state index >= 15 is 0 Å². The van der Waals surface area contributed by atoms with Crippen LogP contribution in [0.1, 0.15) is 10.5 Å². The summed E-state index contributed by atoms with van der Waals surface area (Å²) in [6.07, 6.45) is 1.43. The molecule has 0 saturated carbocycles. The smallest absolute Gasteiger partial charge is 0.274 e. The number of carbonyl (C=O) groups excluding carboxylic acids is 1. The number of halogens is 3. The Hall–Kier alpha value is -1.51. The minimum absolute atomic E-state index is 0.0895. The number of nitrogens with one attached hydrogen (secondary N) is 1. The van der Waals surface area contributed by atoms with E-state index < -0.39 is 20.8 Å². The number of amides is 1. The maximum absolute atomic E-state index is 13.8. The van der Waals surface area contributed by atoms with Crippen molar-refractivity contribution >= 4 is 47.3 Å². The Kier molecular flexibility index (Phi) is 4.60. The van der Waals surface area contributed by atoms with Crippen molar-refractivity contribution in [3.63, 3.8) is 0 Å². The number of hydrogen-bond donors (Lipinski definition) is 1. The van der Waals surface area contributed by atoms with E-state index in [1.165, 1.54) is 12.3 Å². The fourth-order valence-electron chi connectivity index (χ4n) is 1.45. The van der Waals surface area contributed by atoms with Crippen LogP contribution in [-0.4, -0.2) is 19.3 Å². The number of anilines is 1. The van der Waals surface area contributed by atoms with Crippen molar-refractivity contribution in [3.8, 4) is 0 Å². The zero-order valence-corrected chi connectivity index (χ0v) is 13.3. The average Bonchev–Trinajstić information content (AvgIpc) is 2.40. The van der Waals surface area contributed by atoms with Crippen LogP contribution >= 0.6 is 26.6 Å². The summed E-state index contributed by atoms with van der Waals surface area (Å²) in [4.78, 5) is 15.3. The second-order valence-electron chi connectivity index (χ2n) is 3.90. The van der Waals surface area contributed by atoms with Crippen LogP contribution in [0.3, 0.4) is 0 Å². The van der Waals surface area contributed by atoms with Crippen LogP contribution in [0.4, 0.5) is 10.1 Å². The lowest BCUT2D eigenvalue weighted by Gasteiger charge is -2.07. The number of rotatable bonds is 3. The van der Waals surface area contributed by atoms with Crippen molar-refractivity contribution in [2.24, 2.45) is 0 Å². The molecule has 0 unspecified atom stereocenters. The summed E-state index contributed by atoms with van der Waals surface area (Å²) in [6.45, 7) is 0. The number of aromatic nitrogens is 1. The van der Waals surface area contributed by atoms with Gasteiger partial charge in [0.2, 0.25) is 0 Å². The van der Waals surface area contributed by atoms with Gasteiger partial charge in [-0.15, -0.1) is 0 Å². The lowest BCUT2D eigenvalue weighted by atomic mass is 10.3. The average molecular weight is 394 g/mol. The standard InChI is InChI=1S/C12H7BrClFN2O3S/c13-7-1-3-11(16-6-7)12(18)17-10-4-2-8(5-9(10)15)21(14,19)20/h1-6H,(H,17,18). The van der Waals surface area contributed by atoms with Gasteiger partial charge in [0.1, 0.15) is 11.5 Å². The highest BCUT2D eigenvalue weighted by molar-refractivity contribution is 9.10. The van der Waals surface area contributed by atoms with E-state index in [2.05, 4.69) is 26.2 Å². The molecule has 5 nitrogen and oxygen atoms in total. The Morgan fingerprint density at radius 2 is 2.00 bits per heavy atom. The highest BCUT2D eigenvalue weighted by Crippen LogP contribution is 2.22. The molecular weight excluding hydrogens is 387 g/mol. The molecule has 1 heterocycles. The Morgan fingerprint density at radius 1 is 1.29 bits per heavy atom. The Balaban J connectivity index is 2.24. The van der Waals surface area contributed by atoms with E-state index in [1.54, 1.807) is 6.07 Å². The van der Waals surface area contributed by atoms with Gasteiger partial charge >= 0.3 is 0 Å². The summed E-state index contributed by atoms with van der Waals surface area (Å²) in [6, 6.07) is 6.00. The van der Waals surface area contributed by atoms with E-state index in [1.807, 2.05) is 0 Å². The summed E-state index contributed by atoms with van der Waals surface area (Å²) < 4.78 is 36.6. The van der Waals surface area contributed by atoms with Gasteiger partial charge in [-0.2, -0.15) is 0 Å². The largest absolute Gasteiger partial charge is 0.318 e. The predicted octanol–water partition coefficient (Wildman–Crippen LogP) is 3.16. The fraction of sp³-hybridized carbons (Fsp3) is 0. The van der Waals surface area contributed by atoms with Crippen molar-refractivity contribution in [3.05, 3.63) is 52.5 Å². The molecule has 9 heteroatoms. The molecule has 21 heavy (non-hydrogen) atoms. The van der Waals surface area contributed by atoms with E-state index in [-0.39, 0.29) is 16.3 Å². The van der Waals surface area contributed by atoms with Crippen LogP contribution in [-0.2, 0) is 9.05 Å². The minimum atomic E-state index is -4.03. The zero-order valence-electron chi connectivity index (χ0n) is 10.2. The van der Waals surface area contributed by atoms with Gasteiger partial charge in [0.05, 0.1) is 10.6 Å². The first kappa shape index (κ1) is 15.9. The maximum Gasteiger partial charge on any atom is 0.274 e. The number of benzene rings is 1. The molecule has 1 N–H and O–H groups in total. The first-order chi connectivity index (χ1) is 9.77. The van der Waals surface area contributed by atoms with Crippen LogP contribution in [0.25, 0.3) is 0 Å². The van der Waals surface area contributed by atoms with E-state index in [9.17, 15) is 17.6 Å². The second kappa shape index (κ2) is 6.08. The van der Waals surface area contributed by atoms with Gasteiger partial charge in [0.15, 0.2) is 0 Å². The maximum atomic E-state index is 13.8. The summed E-state index contributed by atoms with van der Waals surface area (Å²) in [7, 11) is 1.08. The molecule has 110 valence electrons. The predicted molar refractivity (Wildman–Crippen MR) is 79.3 cm³/mol. The van der Waals surface area contributed by atoms with Gasteiger partial charge in [-0.05, 0) is 46.3 Å². The lowest BCUT2D eigenvalue weighted by Crippen LogP contribution is -2.14. The first-order valence-corrected chi connectivity index (χ1v) is 8.55. The van der Waals surface area contributed by atoms with Gasteiger partial charge < -0.3 is 5.32 Å². The Morgan fingerprint density at radius 3 is 2.52 bits per heavy atom. The third-order valence-corrected chi connectivity index (χ3v) is 4.25. The van der Waals surface area contributed by atoms with Gasteiger partial charge in [0, 0.05) is 21.4 Å². The van der Waals surface area contributed by atoms with Gasteiger partial charge in [-0.3, -0.25) is 4.79 Å². The monoisotopic (exact) mass is 392 g/mol. The highest BCUT2D eigenvalue weighted by Gasteiger charge is 2.15. The number of nitrogens with zero attached hydrogens (tertiary/aromatic N) is 1. The number of pyridine rings is 1. The Labute approximate surface area is 132 Å². The molecule has 0 bridgehead atoms. The quantitative estimate of drug-likeness (QED) is 0.813. The molecular formula is C12H7BrClFN2O3S. The van der Waals surface area contributed by atoms with Crippen molar-refractivity contribution in [1.29, 1.82) is 0 Å². The molecule has 0 aliphatic rings. The molecule has 1 aromatic carbocycles. The molecule has 0 radical (unpaired) electrons. The van der Waals surface area contributed by atoms with Gasteiger partial charge in [0.25, 0.3) is 15.0 Å². The molecule has 0 fully saturated rings.